The molecule has 2 atom stereocenters. The van der Waals surface area contributed by atoms with E-state index in [1.54, 1.807) is 26.0 Å². The molecule has 0 spiro atoms. The number of benzene rings is 1. The Morgan fingerprint density at radius 1 is 1.57 bits per heavy atom. The Labute approximate surface area is 124 Å². The molecule has 0 radical (unpaired) electrons. The quantitative estimate of drug-likeness (QED) is 0.819. The van der Waals surface area contributed by atoms with Crippen LogP contribution in [-0.4, -0.2) is 31.8 Å². The predicted molar refractivity (Wildman–Crippen MR) is 77.5 cm³/mol. The van der Waals surface area contributed by atoms with Gasteiger partial charge in [-0.15, -0.1) is 0 Å². The topological polar surface area (TPSA) is 47.6 Å². The van der Waals surface area contributed by atoms with Crippen molar-refractivity contribution in [2.45, 2.75) is 38.8 Å². The fraction of sp³-hybridized carbons (Fsp3) is 0.562. The summed E-state index contributed by atoms with van der Waals surface area (Å²) in [5, 5.41) is 3.19. The van der Waals surface area contributed by atoms with E-state index in [0.29, 0.717) is 24.3 Å². The van der Waals surface area contributed by atoms with E-state index < -0.39 is 6.04 Å². The molecule has 0 aliphatic carbocycles. The summed E-state index contributed by atoms with van der Waals surface area (Å²) in [6.07, 6.45) is 2.17. The Bertz CT molecular complexity index is 486. The van der Waals surface area contributed by atoms with Crippen molar-refractivity contribution in [3.63, 3.8) is 0 Å². The number of hydrogen-bond acceptors (Lipinski definition) is 4. The standard InChI is InChI=1S/C16H22FNO3/c1-3-20-16(19)15(18-10-13-5-4-8-21-13)12-6-7-14(17)11(2)9-12/h6-7,9,13,15,18H,3-5,8,10H2,1-2H3. The molecule has 2 unspecified atom stereocenters. The number of hydrogen-bond donors (Lipinski definition) is 1. The van der Waals surface area contributed by atoms with Gasteiger partial charge in [0.1, 0.15) is 11.9 Å². The third-order valence-corrected chi connectivity index (χ3v) is 3.61. The maximum Gasteiger partial charge on any atom is 0.327 e. The van der Waals surface area contributed by atoms with Gasteiger partial charge in [0.25, 0.3) is 0 Å². The van der Waals surface area contributed by atoms with Crippen LogP contribution < -0.4 is 5.32 Å². The van der Waals surface area contributed by atoms with Gasteiger partial charge in [-0.2, -0.15) is 0 Å². The first kappa shape index (κ1) is 15.9. The van der Waals surface area contributed by atoms with Gasteiger partial charge in [-0.05, 0) is 43.9 Å². The Morgan fingerprint density at radius 3 is 3.00 bits per heavy atom. The van der Waals surface area contributed by atoms with Crippen LogP contribution in [0, 0.1) is 12.7 Å². The SMILES string of the molecule is CCOC(=O)C(NCC1CCCO1)c1ccc(F)c(C)c1. The lowest BCUT2D eigenvalue weighted by atomic mass is 10.0. The van der Waals surface area contributed by atoms with Crippen LogP contribution in [0.25, 0.3) is 0 Å². The van der Waals surface area contributed by atoms with E-state index in [4.69, 9.17) is 9.47 Å². The molecule has 1 aromatic rings. The van der Waals surface area contributed by atoms with Gasteiger partial charge in [0, 0.05) is 13.2 Å². The molecule has 1 aliphatic heterocycles. The van der Waals surface area contributed by atoms with Crippen molar-refractivity contribution in [3.8, 4) is 0 Å². The molecule has 0 amide bonds. The second-order valence-electron chi connectivity index (χ2n) is 5.24. The lowest BCUT2D eigenvalue weighted by Crippen LogP contribution is -2.35. The molecule has 4 nitrogen and oxygen atoms in total. The van der Waals surface area contributed by atoms with Gasteiger partial charge in [-0.25, -0.2) is 9.18 Å². The summed E-state index contributed by atoms with van der Waals surface area (Å²) in [5.41, 5.74) is 1.23. The average Bonchev–Trinajstić information content (AvgIpc) is 2.96. The number of aryl methyl sites for hydroxylation is 1. The van der Waals surface area contributed by atoms with Crippen LogP contribution >= 0.6 is 0 Å². The Kier molecular flexibility index (Phi) is 5.70. The summed E-state index contributed by atoms with van der Waals surface area (Å²) >= 11 is 0. The highest BCUT2D eigenvalue weighted by atomic mass is 19.1. The molecule has 21 heavy (non-hydrogen) atoms. The van der Waals surface area contributed by atoms with Crippen LogP contribution in [0.15, 0.2) is 18.2 Å². The monoisotopic (exact) mass is 295 g/mol. The van der Waals surface area contributed by atoms with E-state index in [2.05, 4.69) is 5.32 Å². The molecule has 1 aliphatic rings. The Morgan fingerprint density at radius 2 is 2.38 bits per heavy atom. The Hall–Kier alpha value is -1.46. The van der Waals surface area contributed by atoms with E-state index in [1.165, 1.54) is 6.07 Å². The van der Waals surface area contributed by atoms with Gasteiger partial charge in [-0.1, -0.05) is 12.1 Å². The van der Waals surface area contributed by atoms with Gasteiger partial charge in [0.15, 0.2) is 0 Å². The molecular formula is C16H22FNO3. The fourth-order valence-electron chi connectivity index (χ4n) is 2.46. The summed E-state index contributed by atoms with van der Waals surface area (Å²) in [4.78, 5) is 12.1. The van der Waals surface area contributed by atoms with Crippen LogP contribution in [-0.2, 0) is 14.3 Å². The van der Waals surface area contributed by atoms with Crippen molar-refractivity contribution >= 4 is 5.97 Å². The largest absolute Gasteiger partial charge is 0.465 e. The maximum absolute atomic E-state index is 13.4. The molecule has 1 heterocycles. The maximum atomic E-state index is 13.4. The van der Waals surface area contributed by atoms with E-state index in [9.17, 15) is 9.18 Å². The van der Waals surface area contributed by atoms with Gasteiger partial charge < -0.3 is 9.47 Å². The molecule has 1 saturated heterocycles. The van der Waals surface area contributed by atoms with Gasteiger partial charge in [-0.3, -0.25) is 5.32 Å². The number of ether oxygens (including phenoxy) is 2. The molecule has 0 aromatic heterocycles. The van der Waals surface area contributed by atoms with Crippen molar-refractivity contribution in [3.05, 3.63) is 35.1 Å². The van der Waals surface area contributed by atoms with E-state index in [1.807, 2.05) is 0 Å². The first-order valence-electron chi connectivity index (χ1n) is 7.39. The first-order valence-corrected chi connectivity index (χ1v) is 7.39. The normalized spacial score (nSPS) is 19.5. The number of rotatable bonds is 6. The van der Waals surface area contributed by atoms with Gasteiger partial charge in [0.2, 0.25) is 0 Å². The summed E-state index contributed by atoms with van der Waals surface area (Å²) in [6, 6.07) is 4.09. The van der Waals surface area contributed by atoms with Crippen molar-refractivity contribution < 1.29 is 18.7 Å². The third-order valence-electron chi connectivity index (χ3n) is 3.61. The van der Waals surface area contributed by atoms with Crippen molar-refractivity contribution in [1.29, 1.82) is 0 Å². The molecule has 2 rings (SSSR count). The molecule has 0 bridgehead atoms. The molecule has 1 N–H and O–H groups in total. The molecule has 0 saturated carbocycles. The summed E-state index contributed by atoms with van der Waals surface area (Å²) in [7, 11) is 0. The second-order valence-corrected chi connectivity index (χ2v) is 5.24. The smallest absolute Gasteiger partial charge is 0.327 e. The zero-order valence-corrected chi connectivity index (χ0v) is 12.5. The van der Waals surface area contributed by atoms with E-state index >= 15 is 0 Å². The van der Waals surface area contributed by atoms with Crippen LogP contribution in [0.4, 0.5) is 4.39 Å². The minimum Gasteiger partial charge on any atom is -0.465 e. The number of carbonyl (C=O) groups is 1. The zero-order chi connectivity index (χ0) is 15.2. The molecule has 116 valence electrons. The number of carbonyl (C=O) groups excluding carboxylic acids is 1. The summed E-state index contributed by atoms with van der Waals surface area (Å²) in [5.74, 6) is -0.623. The minimum atomic E-state index is -0.589. The molecular weight excluding hydrogens is 273 g/mol. The fourth-order valence-corrected chi connectivity index (χ4v) is 2.46. The number of nitrogens with one attached hydrogen (secondary N) is 1. The number of esters is 1. The third kappa shape index (κ3) is 4.25. The van der Waals surface area contributed by atoms with Crippen molar-refractivity contribution in [1.82, 2.24) is 5.32 Å². The minimum absolute atomic E-state index is 0.128. The Balaban J connectivity index is 2.09. The van der Waals surface area contributed by atoms with Gasteiger partial charge in [0.05, 0.1) is 12.7 Å². The van der Waals surface area contributed by atoms with Crippen molar-refractivity contribution in [2.24, 2.45) is 0 Å². The van der Waals surface area contributed by atoms with Crippen LogP contribution in [0.1, 0.15) is 36.9 Å². The summed E-state index contributed by atoms with van der Waals surface area (Å²) in [6.45, 7) is 5.12. The van der Waals surface area contributed by atoms with E-state index in [0.717, 1.165) is 19.4 Å². The predicted octanol–water partition coefficient (Wildman–Crippen LogP) is 2.51. The second kappa shape index (κ2) is 7.52. The number of halogens is 1. The van der Waals surface area contributed by atoms with Crippen LogP contribution in [0.5, 0.6) is 0 Å². The molecule has 1 fully saturated rings. The van der Waals surface area contributed by atoms with E-state index in [-0.39, 0.29) is 17.9 Å². The summed E-state index contributed by atoms with van der Waals surface area (Å²) < 4.78 is 24.0. The highest BCUT2D eigenvalue weighted by Gasteiger charge is 2.24. The van der Waals surface area contributed by atoms with Crippen molar-refractivity contribution in [2.75, 3.05) is 19.8 Å². The lowest BCUT2D eigenvalue weighted by molar-refractivity contribution is -0.146. The highest BCUT2D eigenvalue weighted by molar-refractivity contribution is 5.77. The zero-order valence-electron chi connectivity index (χ0n) is 12.5. The molecule has 5 heteroatoms. The van der Waals surface area contributed by atoms with Crippen LogP contribution in [0.2, 0.25) is 0 Å². The molecule has 1 aromatic carbocycles. The van der Waals surface area contributed by atoms with Gasteiger partial charge >= 0.3 is 5.97 Å². The lowest BCUT2D eigenvalue weighted by Gasteiger charge is -2.20. The highest BCUT2D eigenvalue weighted by Crippen LogP contribution is 2.19. The first-order chi connectivity index (χ1) is 10.1. The average molecular weight is 295 g/mol. The van der Waals surface area contributed by atoms with Crippen LogP contribution in [0.3, 0.4) is 0 Å².